The molecule has 74 heavy (non-hydrogen) atoms. The number of hydrogen-bond acceptors (Lipinski definition) is 17. The minimum absolute atomic E-state index is 0.0158. The Bertz CT molecular complexity index is 2160. The number of carbonyl (C=O) groups is 2. The summed E-state index contributed by atoms with van der Waals surface area (Å²) in [6.07, 6.45) is 35.1. The molecule has 22 heteroatoms. The maximum Gasteiger partial charge on any atom is 0.481 e. The Hall–Kier alpha value is -4.40. The Morgan fingerprint density at radius 3 is 1.84 bits per heavy atom. The largest absolute Gasteiger partial charge is 0.481 e. The molecule has 1 aromatic rings. The number of nitrogens with two attached hydrogens (primary N) is 1. The Labute approximate surface area is 435 Å². The number of aliphatic hydroxyl groups excluding tert-OH is 4. The number of anilines is 1. The predicted octanol–water partition coefficient (Wildman–Crippen LogP) is 8.38. The maximum absolute atomic E-state index is 12.9. The first-order valence-electron chi connectivity index (χ1n) is 25.4. The second-order valence-electron chi connectivity index (χ2n) is 17.2. The molecule has 2 unspecified atom stereocenters. The summed E-state index contributed by atoms with van der Waals surface area (Å²) in [4.78, 5) is 61.9. The van der Waals surface area contributed by atoms with Gasteiger partial charge in [0.05, 0.1) is 25.4 Å². The average molecular weight is 1080 g/mol. The summed E-state index contributed by atoms with van der Waals surface area (Å²) < 4.78 is 56.5. The second kappa shape index (κ2) is 39.0. The first-order chi connectivity index (χ1) is 35.5. The number of nitrogens with zero attached hydrogens (tertiary/aromatic N) is 2. The zero-order chi connectivity index (χ0) is 54.5. The van der Waals surface area contributed by atoms with Crippen LogP contribution in [0.25, 0.3) is 0 Å². The zero-order valence-electron chi connectivity index (χ0n) is 42.8. The molecule has 1 aliphatic rings. The lowest BCUT2D eigenvalue weighted by Crippen LogP contribution is -2.36. The van der Waals surface area contributed by atoms with E-state index in [1.807, 2.05) is 36.5 Å². The predicted molar refractivity (Wildman–Crippen MR) is 282 cm³/mol. The van der Waals surface area contributed by atoms with Gasteiger partial charge in [0.2, 0.25) is 0 Å². The lowest BCUT2D eigenvalue weighted by Gasteiger charge is -2.22. The molecule has 2 heterocycles. The molecule has 0 amide bonds. The first kappa shape index (κ1) is 65.7. The van der Waals surface area contributed by atoms with Crippen LogP contribution in [-0.2, 0) is 46.3 Å². The average Bonchev–Trinajstić information content (AvgIpc) is 3.63. The standard InChI is InChI=1S/C52H81N3O17P2/c1-3-5-7-9-11-13-15-17-18-19-20-21-23-25-27-29-31-35-47(58)67-39-42(70-48(59)36-32-34-44(57)43(56)33-30-28-26-24-22-16-14-12-10-8-6-4-2)40-68-73(63,64)72-74(65,66)69-41-45-49(60)50(61)51(71-45)55-38-37-46(53)54-52(55)62/h6,8,11-14,17-18,20-22,24-25,27-28,30,37-38,42-45,49-51,56-57,60-61H,3-5,7,9-10,15-16,19,23,26,29,31-36,39-41H2,1-2H3,(H,63,64)(H,65,66)(H2,53,54,62)/b8-6-,13-11-,14-12-,18-17-,21-20-,24-22-,27-25-,30-28-/t42-,43-,44-,45-,49-,50-,51-/m1/s1. The van der Waals surface area contributed by atoms with E-state index in [2.05, 4.69) is 77.8 Å². The summed E-state index contributed by atoms with van der Waals surface area (Å²) in [6.45, 7) is 1.66. The van der Waals surface area contributed by atoms with Crippen LogP contribution in [-0.4, -0.2) is 108 Å². The van der Waals surface area contributed by atoms with Crippen LogP contribution in [0.5, 0.6) is 0 Å². The molecule has 2 rings (SSSR count). The van der Waals surface area contributed by atoms with E-state index in [1.165, 1.54) is 25.3 Å². The topological polar surface area (TPSA) is 306 Å². The fourth-order valence-corrected chi connectivity index (χ4v) is 8.91. The molecule has 1 saturated heterocycles. The van der Waals surface area contributed by atoms with Gasteiger partial charge in [-0.3, -0.25) is 23.2 Å². The van der Waals surface area contributed by atoms with E-state index in [1.54, 1.807) is 6.08 Å². The summed E-state index contributed by atoms with van der Waals surface area (Å²) >= 11 is 0. The van der Waals surface area contributed by atoms with Crippen LogP contribution in [0.1, 0.15) is 136 Å². The van der Waals surface area contributed by atoms with E-state index in [0.717, 1.165) is 55.7 Å². The summed E-state index contributed by atoms with van der Waals surface area (Å²) in [5.74, 6) is -1.68. The molecular formula is C52H81N3O17P2. The van der Waals surface area contributed by atoms with Gasteiger partial charge in [-0.05, 0) is 96.0 Å². The van der Waals surface area contributed by atoms with Gasteiger partial charge < -0.3 is 50.2 Å². The Morgan fingerprint density at radius 1 is 0.716 bits per heavy atom. The maximum atomic E-state index is 12.9. The van der Waals surface area contributed by atoms with Crippen LogP contribution in [0.15, 0.2) is 114 Å². The number of ether oxygens (including phenoxy) is 3. The molecule has 0 aliphatic carbocycles. The molecular weight excluding hydrogens is 1000 g/mol. The highest BCUT2D eigenvalue weighted by Gasteiger charge is 2.46. The van der Waals surface area contributed by atoms with Gasteiger partial charge in [0.15, 0.2) is 12.3 Å². The second-order valence-corrected chi connectivity index (χ2v) is 20.3. The zero-order valence-corrected chi connectivity index (χ0v) is 44.6. The van der Waals surface area contributed by atoms with Crippen LogP contribution in [0.3, 0.4) is 0 Å². The fraction of sp³-hybridized carbons (Fsp3) is 0.577. The van der Waals surface area contributed by atoms with Crippen LogP contribution >= 0.6 is 15.6 Å². The van der Waals surface area contributed by atoms with Gasteiger partial charge in [-0.25, -0.2) is 13.9 Å². The number of hydrogen-bond donors (Lipinski definition) is 7. The number of esters is 2. The lowest BCUT2D eigenvalue weighted by molar-refractivity contribution is -0.161. The number of rotatable bonds is 40. The number of phosphoric ester groups is 2. The van der Waals surface area contributed by atoms with E-state index < -0.39 is 95.9 Å². The first-order valence-corrected chi connectivity index (χ1v) is 28.4. The summed E-state index contributed by atoms with van der Waals surface area (Å²) in [5.41, 5.74) is 4.55. The number of aliphatic hydroxyl groups is 4. The van der Waals surface area contributed by atoms with Crippen LogP contribution in [0.2, 0.25) is 0 Å². The molecule has 20 nitrogen and oxygen atoms in total. The van der Waals surface area contributed by atoms with Crippen molar-refractivity contribution in [1.29, 1.82) is 0 Å². The fourth-order valence-electron chi connectivity index (χ4n) is 6.80. The van der Waals surface area contributed by atoms with Crippen molar-refractivity contribution in [3.8, 4) is 0 Å². The van der Waals surface area contributed by atoms with Crippen molar-refractivity contribution >= 4 is 33.4 Å². The van der Waals surface area contributed by atoms with E-state index in [9.17, 15) is 53.7 Å². The highest BCUT2D eigenvalue weighted by atomic mass is 31.3. The smallest absolute Gasteiger partial charge is 0.462 e. The minimum Gasteiger partial charge on any atom is -0.462 e. The molecule has 0 radical (unpaired) electrons. The molecule has 8 N–H and O–H groups in total. The van der Waals surface area contributed by atoms with Crippen molar-refractivity contribution in [2.45, 2.75) is 172 Å². The van der Waals surface area contributed by atoms with Crippen LogP contribution in [0.4, 0.5) is 5.82 Å². The van der Waals surface area contributed by atoms with Gasteiger partial charge in [-0.2, -0.15) is 9.29 Å². The van der Waals surface area contributed by atoms with Crippen molar-refractivity contribution < 1.29 is 76.5 Å². The normalized spacial score (nSPS) is 20.5. The van der Waals surface area contributed by atoms with Crippen LogP contribution in [0, 0.1) is 0 Å². The number of allylic oxidation sites excluding steroid dienone is 15. The number of aromatic nitrogens is 2. The number of unbranched alkanes of at least 4 members (excludes halogenated alkanes) is 4. The summed E-state index contributed by atoms with van der Waals surface area (Å²) in [6, 6.07) is 1.22. The molecule has 0 aromatic carbocycles. The molecule has 0 spiro atoms. The van der Waals surface area contributed by atoms with Crippen molar-refractivity contribution in [1.82, 2.24) is 9.55 Å². The third-order valence-electron chi connectivity index (χ3n) is 10.9. The van der Waals surface area contributed by atoms with Gasteiger partial charge in [-0.15, -0.1) is 0 Å². The highest BCUT2D eigenvalue weighted by Crippen LogP contribution is 2.60. The van der Waals surface area contributed by atoms with Gasteiger partial charge in [0, 0.05) is 19.0 Å². The summed E-state index contributed by atoms with van der Waals surface area (Å²) in [5, 5.41) is 41.8. The van der Waals surface area contributed by atoms with Gasteiger partial charge in [0.25, 0.3) is 0 Å². The SMILES string of the molecule is CC/C=C\C/C=C\C/C=C\C/C=C\C[C@@H](O)[C@H](O)CCCC(=O)O[C@H](COC(=O)CCC/C=C\C/C=C\C/C=C\C/C=C\CCCCC)COP(=O)(O)OP(=O)(O)OC[C@H]1O[C@@H](n2ccc(N)nc2=O)[C@H](O)[C@@H]1O. The molecule has 1 aliphatic heterocycles. The van der Waals surface area contributed by atoms with E-state index in [4.69, 9.17) is 29.0 Å². The molecule has 1 fully saturated rings. The Morgan fingerprint density at radius 2 is 1.26 bits per heavy atom. The monoisotopic (exact) mass is 1080 g/mol. The van der Waals surface area contributed by atoms with Gasteiger partial charge in [0.1, 0.15) is 30.7 Å². The van der Waals surface area contributed by atoms with Gasteiger partial charge in [-0.1, -0.05) is 124 Å². The Balaban J connectivity index is 1.90. The van der Waals surface area contributed by atoms with Crippen molar-refractivity contribution in [2.24, 2.45) is 0 Å². The van der Waals surface area contributed by atoms with Gasteiger partial charge >= 0.3 is 33.3 Å². The minimum atomic E-state index is -5.52. The van der Waals surface area contributed by atoms with Crippen molar-refractivity contribution in [2.75, 3.05) is 25.6 Å². The van der Waals surface area contributed by atoms with Crippen molar-refractivity contribution in [3.05, 3.63) is 120 Å². The molecule has 1 aromatic heterocycles. The number of carbonyl (C=O) groups excluding carboxylic acids is 2. The number of phosphoric acid groups is 2. The van der Waals surface area contributed by atoms with Crippen LogP contribution < -0.4 is 11.4 Å². The summed E-state index contributed by atoms with van der Waals surface area (Å²) in [7, 11) is -11.0. The molecule has 0 saturated carbocycles. The highest BCUT2D eigenvalue weighted by molar-refractivity contribution is 7.61. The molecule has 416 valence electrons. The van der Waals surface area contributed by atoms with E-state index in [-0.39, 0.29) is 37.9 Å². The van der Waals surface area contributed by atoms with E-state index >= 15 is 0 Å². The van der Waals surface area contributed by atoms with Crippen molar-refractivity contribution in [3.63, 3.8) is 0 Å². The molecule has 0 bridgehead atoms. The third-order valence-corrected chi connectivity index (χ3v) is 13.5. The third kappa shape index (κ3) is 30.8. The quantitative estimate of drug-likeness (QED) is 0.0140. The Kier molecular flexibility index (Phi) is 34.7. The molecule has 9 atom stereocenters. The number of nitrogen functional groups attached to an aromatic ring is 1. The van der Waals surface area contributed by atoms with E-state index in [0.29, 0.717) is 19.3 Å². The lowest BCUT2D eigenvalue weighted by atomic mass is 10.0.